The summed E-state index contributed by atoms with van der Waals surface area (Å²) in [5.41, 5.74) is 11.9. The van der Waals surface area contributed by atoms with Crippen molar-refractivity contribution in [2.24, 2.45) is 11.5 Å². The summed E-state index contributed by atoms with van der Waals surface area (Å²) in [6.07, 6.45) is 2.82. The van der Waals surface area contributed by atoms with Gasteiger partial charge in [-0.05, 0) is 39.0 Å². The Hall–Kier alpha value is 0.110. The van der Waals surface area contributed by atoms with Gasteiger partial charge in [0.25, 0.3) is 0 Å². The molecule has 1 saturated carbocycles. The minimum atomic E-state index is -0.613. The molecule has 0 bridgehead atoms. The van der Waals surface area contributed by atoms with Gasteiger partial charge in [0, 0.05) is 18.1 Å². The van der Waals surface area contributed by atoms with Crippen LogP contribution in [0.25, 0.3) is 0 Å². The fourth-order valence-corrected chi connectivity index (χ4v) is 3.21. The Morgan fingerprint density at radius 3 is 2.75 bits per heavy atom. The van der Waals surface area contributed by atoms with Gasteiger partial charge in [-0.3, -0.25) is 4.72 Å². The van der Waals surface area contributed by atoms with E-state index in [-0.39, 0.29) is 30.5 Å². The molecule has 6 N–H and O–H groups in total. The fourth-order valence-electron chi connectivity index (χ4n) is 3.04. The third-order valence-electron chi connectivity index (χ3n) is 4.25. The number of nitrogens with two attached hydrogens (primary N) is 2. The highest BCUT2D eigenvalue weighted by Gasteiger charge is 2.37. The van der Waals surface area contributed by atoms with Gasteiger partial charge in [0.1, 0.15) is 6.10 Å². The molecule has 7 heteroatoms. The summed E-state index contributed by atoms with van der Waals surface area (Å²) in [7, 11) is 0. The van der Waals surface area contributed by atoms with E-state index in [2.05, 4.69) is 17.5 Å². The van der Waals surface area contributed by atoms with Gasteiger partial charge in [0.15, 0.2) is 6.29 Å². The molecule has 0 radical (unpaired) electrons. The first-order chi connectivity index (χ1) is 9.51. The quantitative estimate of drug-likeness (QED) is 0.465. The van der Waals surface area contributed by atoms with Crippen LogP contribution in [0.3, 0.4) is 0 Å². The summed E-state index contributed by atoms with van der Waals surface area (Å²) in [4.78, 5) is 0. The minimum absolute atomic E-state index is 0.0479. The Bertz CT molecular complexity index is 299. The molecule has 20 heavy (non-hydrogen) atoms. The molecule has 0 spiro atoms. The summed E-state index contributed by atoms with van der Waals surface area (Å²) in [5.74, 6) is 0. The molecular formula is C13H27N3O3S. The zero-order valence-corrected chi connectivity index (χ0v) is 12.8. The van der Waals surface area contributed by atoms with Crippen molar-refractivity contribution in [3.05, 3.63) is 0 Å². The van der Waals surface area contributed by atoms with Crippen LogP contribution in [-0.4, -0.2) is 47.8 Å². The van der Waals surface area contributed by atoms with Crippen molar-refractivity contribution < 1.29 is 14.6 Å². The van der Waals surface area contributed by atoms with Gasteiger partial charge in [-0.25, -0.2) is 0 Å². The third kappa shape index (κ3) is 4.07. The first kappa shape index (κ1) is 16.5. The lowest BCUT2D eigenvalue weighted by Crippen LogP contribution is -2.56. The Balaban J connectivity index is 1.88. The van der Waals surface area contributed by atoms with Gasteiger partial charge < -0.3 is 26.0 Å². The van der Waals surface area contributed by atoms with Crippen molar-refractivity contribution in [3.8, 4) is 0 Å². The molecule has 1 aliphatic carbocycles. The van der Waals surface area contributed by atoms with Crippen molar-refractivity contribution in [1.82, 2.24) is 4.72 Å². The van der Waals surface area contributed by atoms with Gasteiger partial charge in [-0.2, -0.15) is 0 Å². The fraction of sp³-hybridized carbons (Fsp3) is 1.00. The first-order valence-corrected chi connectivity index (χ1v) is 7.85. The Morgan fingerprint density at radius 2 is 2.10 bits per heavy atom. The van der Waals surface area contributed by atoms with E-state index in [0.717, 1.165) is 19.3 Å². The largest absolute Gasteiger partial charge is 0.390 e. The van der Waals surface area contributed by atoms with Crippen LogP contribution in [0, 0.1) is 0 Å². The Labute approximate surface area is 126 Å². The normalized spacial score (nSPS) is 44.2. The third-order valence-corrected chi connectivity index (χ3v) is 4.65. The van der Waals surface area contributed by atoms with Crippen molar-refractivity contribution in [2.45, 2.75) is 81.8 Å². The smallest absolute Gasteiger partial charge is 0.158 e. The van der Waals surface area contributed by atoms with Crippen LogP contribution in [0.1, 0.15) is 39.0 Å². The maximum atomic E-state index is 10.1. The Morgan fingerprint density at radius 1 is 1.35 bits per heavy atom. The number of ether oxygens (including phenoxy) is 2. The van der Waals surface area contributed by atoms with Crippen molar-refractivity contribution in [2.75, 3.05) is 0 Å². The summed E-state index contributed by atoms with van der Waals surface area (Å²) in [6.45, 7) is 2.03. The van der Waals surface area contributed by atoms with E-state index >= 15 is 0 Å². The second-order valence-electron chi connectivity index (χ2n) is 6.02. The lowest BCUT2D eigenvalue weighted by molar-refractivity contribution is -0.240. The molecule has 1 heterocycles. The van der Waals surface area contributed by atoms with Crippen LogP contribution < -0.4 is 16.2 Å². The number of thiol groups is 1. The highest BCUT2D eigenvalue weighted by atomic mass is 32.1. The van der Waals surface area contributed by atoms with Gasteiger partial charge in [-0.15, -0.1) is 0 Å². The van der Waals surface area contributed by atoms with Crippen LogP contribution in [-0.2, 0) is 9.47 Å². The topological polar surface area (TPSA) is 103 Å². The molecule has 7 atom stereocenters. The molecule has 118 valence electrons. The number of aliphatic hydroxyl groups excluding tert-OH is 1. The maximum absolute atomic E-state index is 10.1. The molecule has 5 unspecified atom stereocenters. The Kier molecular flexibility index (Phi) is 6.09. The second-order valence-corrected chi connectivity index (χ2v) is 6.27. The predicted molar refractivity (Wildman–Crippen MR) is 80.2 cm³/mol. The standard InChI is InChI=1S/C13H27N3O3S/c1-7(16-20)11-3-2-4-12(18-11)19-13-9(15)5-8(14)6-10(13)17/h7-13,16-17,20H,2-6,14-15H2,1H3/t7?,8?,9?,10?,11?,12-,13-/m1/s1. The van der Waals surface area contributed by atoms with Crippen LogP contribution >= 0.6 is 12.8 Å². The number of hydrogen-bond donors (Lipinski definition) is 5. The molecule has 2 rings (SSSR count). The predicted octanol–water partition coefficient (Wildman–Crippen LogP) is -0.101. The SMILES string of the molecule is CC(NS)C1CCC[C@@H](O[C@@H]2C(N)CC(N)CC2O)O1. The maximum Gasteiger partial charge on any atom is 0.158 e. The lowest BCUT2D eigenvalue weighted by atomic mass is 9.87. The average Bonchev–Trinajstić information content (AvgIpc) is 2.42. The lowest BCUT2D eigenvalue weighted by Gasteiger charge is -2.40. The van der Waals surface area contributed by atoms with Crippen LogP contribution in [0.15, 0.2) is 0 Å². The van der Waals surface area contributed by atoms with Crippen LogP contribution in [0.5, 0.6) is 0 Å². The van der Waals surface area contributed by atoms with Crippen molar-refractivity contribution in [3.63, 3.8) is 0 Å². The molecule has 2 fully saturated rings. The van der Waals surface area contributed by atoms with E-state index in [4.69, 9.17) is 20.9 Å². The van der Waals surface area contributed by atoms with Gasteiger partial charge in [0.2, 0.25) is 0 Å². The molecule has 1 saturated heterocycles. The molecule has 0 aromatic rings. The molecule has 0 aromatic heterocycles. The highest BCUT2D eigenvalue weighted by molar-refractivity contribution is 7.78. The zero-order chi connectivity index (χ0) is 14.7. The number of hydrogen-bond acceptors (Lipinski definition) is 7. The van der Waals surface area contributed by atoms with Crippen molar-refractivity contribution in [1.29, 1.82) is 0 Å². The van der Waals surface area contributed by atoms with E-state index in [1.807, 2.05) is 6.92 Å². The monoisotopic (exact) mass is 305 g/mol. The summed E-state index contributed by atoms with van der Waals surface area (Å²) < 4.78 is 14.8. The number of rotatable bonds is 4. The molecule has 0 amide bonds. The molecule has 0 aromatic carbocycles. The molecule has 1 aliphatic heterocycles. The van der Waals surface area contributed by atoms with E-state index in [1.165, 1.54) is 0 Å². The minimum Gasteiger partial charge on any atom is -0.390 e. The summed E-state index contributed by atoms with van der Waals surface area (Å²) in [6, 6.07) is -0.130. The van der Waals surface area contributed by atoms with Crippen molar-refractivity contribution >= 4 is 12.8 Å². The zero-order valence-electron chi connectivity index (χ0n) is 11.9. The van der Waals surface area contributed by atoms with Gasteiger partial charge in [0.05, 0.1) is 12.2 Å². The van der Waals surface area contributed by atoms with Gasteiger partial charge in [-0.1, -0.05) is 12.8 Å². The van der Waals surface area contributed by atoms with E-state index in [9.17, 15) is 5.11 Å². The first-order valence-electron chi connectivity index (χ1n) is 7.41. The summed E-state index contributed by atoms with van der Waals surface area (Å²) >= 11 is 4.08. The summed E-state index contributed by atoms with van der Waals surface area (Å²) in [5, 5.41) is 10.1. The van der Waals surface area contributed by atoms with Crippen LogP contribution in [0.2, 0.25) is 0 Å². The van der Waals surface area contributed by atoms with Crippen LogP contribution in [0.4, 0.5) is 0 Å². The second kappa shape index (κ2) is 7.40. The van der Waals surface area contributed by atoms with E-state index < -0.39 is 12.2 Å². The van der Waals surface area contributed by atoms with Gasteiger partial charge >= 0.3 is 0 Å². The molecule has 2 aliphatic rings. The number of nitrogens with one attached hydrogen (secondary N) is 1. The molecular weight excluding hydrogens is 278 g/mol. The average molecular weight is 305 g/mol. The van der Waals surface area contributed by atoms with E-state index in [1.54, 1.807) is 0 Å². The molecule has 6 nitrogen and oxygen atoms in total. The highest BCUT2D eigenvalue weighted by Crippen LogP contribution is 2.27. The van der Waals surface area contributed by atoms with E-state index in [0.29, 0.717) is 12.8 Å². The number of aliphatic hydroxyl groups is 1.